The summed E-state index contributed by atoms with van der Waals surface area (Å²) in [5.74, 6) is 0. The Morgan fingerprint density at radius 2 is 1.67 bits per heavy atom. The Bertz CT molecular complexity index is 825. The molecule has 4 aromatic rings. The highest BCUT2D eigenvalue weighted by atomic mass is 32.1. The third-order valence-electron chi connectivity index (χ3n) is 3.33. The van der Waals surface area contributed by atoms with Crippen molar-refractivity contribution in [2.75, 3.05) is 0 Å². The molecule has 0 aliphatic carbocycles. The van der Waals surface area contributed by atoms with Crippen molar-refractivity contribution in [1.29, 1.82) is 0 Å². The summed E-state index contributed by atoms with van der Waals surface area (Å²) in [6.45, 7) is 0. The van der Waals surface area contributed by atoms with Gasteiger partial charge in [-0.05, 0) is 17.5 Å². The van der Waals surface area contributed by atoms with E-state index in [1.54, 1.807) is 11.3 Å². The summed E-state index contributed by atoms with van der Waals surface area (Å²) in [4.78, 5) is 4.85. The molecular weight excluding hydrogens is 238 g/mol. The standard InChI is InChI=1S/C16H11NS/c1-2-8-14-11(5-1)12-6-3-7-13(16(12)17-14)15-9-4-10-18-15/h1-10,17H. The van der Waals surface area contributed by atoms with Crippen LogP contribution in [0.2, 0.25) is 0 Å². The fraction of sp³-hybridized carbons (Fsp3) is 0. The van der Waals surface area contributed by atoms with Gasteiger partial charge in [-0.15, -0.1) is 11.3 Å². The zero-order valence-corrected chi connectivity index (χ0v) is 10.5. The Hall–Kier alpha value is -2.06. The molecule has 0 aliphatic rings. The number of fused-ring (bicyclic) bond motifs is 3. The number of aromatic amines is 1. The molecule has 0 spiro atoms. The summed E-state index contributed by atoms with van der Waals surface area (Å²) in [7, 11) is 0. The second-order valence-corrected chi connectivity index (χ2v) is 5.32. The predicted octanol–water partition coefficient (Wildman–Crippen LogP) is 5.05. The fourth-order valence-corrected chi connectivity index (χ4v) is 3.27. The first-order valence-electron chi connectivity index (χ1n) is 5.97. The number of rotatable bonds is 1. The second-order valence-electron chi connectivity index (χ2n) is 4.38. The lowest BCUT2D eigenvalue weighted by atomic mass is 10.1. The van der Waals surface area contributed by atoms with Crippen molar-refractivity contribution in [3.05, 3.63) is 60.0 Å². The SMILES string of the molecule is c1csc(-c2cccc3c2[nH]c2ccccc23)c1. The molecule has 0 aliphatic heterocycles. The van der Waals surface area contributed by atoms with Crippen LogP contribution in [0.4, 0.5) is 0 Å². The average Bonchev–Trinajstić information content (AvgIpc) is 3.05. The third kappa shape index (κ3) is 1.33. The minimum atomic E-state index is 1.21. The number of aromatic nitrogens is 1. The first-order valence-corrected chi connectivity index (χ1v) is 6.85. The number of H-pyrrole nitrogens is 1. The third-order valence-corrected chi connectivity index (χ3v) is 4.23. The van der Waals surface area contributed by atoms with Gasteiger partial charge in [0.05, 0.1) is 5.52 Å². The summed E-state index contributed by atoms with van der Waals surface area (Å²) in [5, 5.41) is 4.72. The van der Waals surface area contributed by atoms with Crippen molar-refractivity contribution in [1.82, 2.24) is 4.98 Å². The summed E-state index contributed by atoms with van der Waals surface area (Å²) in [6.07, 6.45) is 0. The number of benzene rings is 2. The average molecular weight is 249 g/mol. The maximum Gasteiger partial charge on any atom is 0.0552 e. The van der Waals surface area contributed by atoms with Gasteiger partial charge in [0.2, 0.25) is 0 Å². The highest BCUT2D eigenvalue weighted by molar-refractivity contribution is 7.13. The van der Waals surface area contributed by atoms with Gasteiger partial charge >= 0.3 is 0 Å². The lowest BCUT2D eigenvalue weighted by Crippen LogP contribution is -1.75. The molecule has 0 radical (unpaired) electrons. The molecule has 0 saturated heterocycles. The molecule has 0 saturated carbocycles. The molecular formula is C16H11NS. The van der Waals surface area contributed by atoms with Crippen LogP contribution in [0.5, 0.6) is 0 Å². The van der Waals surface area contributed by atoms with E-state index in [0.29, 0.717) is 0 Å². The monoisotopic (exact) mass is 249 g/mol. The fourth-order valence-electron chi connectivity index (χ4n) is 2.51. The molecule has 86 valence electrons. The van der Waals surface area contributed by atoms with Crippen molar-refractivity contribution in [3.8, 4) is 10.4 Å². The van der Waals surface area contributed by atoms with Crippen LogP contribution in [0.15, 0.2) is 60.0 Å². The molecule has 2 aromatic heterocycles. The van der Waals surface area contributed by atoms with Gasteiger partial charge in [0.25, 0.3) is 0 Å². The van der Waals surface area contributed by atoms with Crippen LogP contribution in [0.25, 0.3) is 32.2 Å². The zero-order chi connectivity index (χ0) is 11.9. The van der Waals surface area contributed by atoms with E-state index in [1.165, 1.54) is 32.2 Å². The van der Waals surface area contributed by atoms with Gasteiger partial charge in [-0.1, -0.05) is 42.5 Å². The largest absolute Gasteiger partial charge is 0.354 e. The van der Waals surface area contributed by atoms with Crippen molar-refractivity contribution < 1.29 is 0 Å². The quantitative estimate of drug-likeness (QED) is 0.486. The Balaban J connectivity index is 2.17. The van der Waals surface area contributed by atoms with E-state index < -0.39 is 0 Å². The van der Waals surface area contributed by atoms with Crippen LogP contribution in [-0.2, 0) is 0 Å². The molecule has 1 N–H and O–H groups in total. The molecule has 2 aromatic carbocycles. The Morgan fingerprint density at radius 3 is 2.56 bits per heavy atom. The van der Waals surface area contributed by atoms with Crippen molar-refractivity contribution in [2.45, 2.75) is 0 Å². The van der Waals surface area contributed by atoms with E-state index >= 15 is 0 Å². The maximum atomic E-state index is 3.54. The number of hydrogen-bond donors (Lipinski definition) is 1. The number of thiophene rings is 1. The van der Waals surface area contributed by atoms with E-state index in [2.05, 4.69) is 65.0 Å². The van der Waals surface area contributed by atoms with Crippen molar-refractivity contribution >= 4 is 33.1 Å². The van der Waals surface area contributed by atoms with Crippen LogP contribution in [-0.4, -0.2) is 4.98 Å². The van der Waals surface area contributed by atoms with Gasteiger partial charge in [-0.25, -0.2) is 0 Å². The first kappa shape index (κ1) is 9.92. The molecule has 1 nitrogen and oxygen atoms in total. The summed E-state index contributed by atoms with van der Waals surface area (Å²) in [5.41, 5.74) is 3.73. The molecule has 2 heterocycles. The van der Waals surface area contributed by atoms with E-state index in [1.807, 2.05) is 0 Å². The van der Waals surface area contributed by atoms with E-state index in [9.17, 15) is 0 Å². The Morgan fingerprint density at radius 1 is 0.778 bits per heavy atom. The predicted molar refractivity (Wildman–Crippen MR) is 79.1 cm³/mol. The van der Waals surface area contributed by atoms with Crippen LogP contribution in [0, 0.1) is 0 Å². The molecule has 2 heteroatoms. The number of para-hydroxylation sites is 2. The Kier molecular flexibility index (Phi) is 2.05. The summed E-state index contributed by atoms with van der Waals surface area (Å²) >= 11 is 1.78. The number of hydrogen-bond acceptors (Lipinski definition) is 1. The number of nitrogens with one attached hydrogen (secondary N) is 1. The van der Waals surface area contributed by atoms with Gasteiger partial charge in [0.15, 0.2) is 0 Å². The zero-order valence-electron chi connectivity index (χ0n) is 9.68. The molecule has 0 amide bonds. The summed E-state index contributed by atoms with van der Waals surface area (Å²) in [6, 6.07) is 19.2. The summed E-state index contributed by atoms with van der Waals surface area (Å²) < 4.78 is 0. The van der Waals surface area contributed by atoms with Crippen LogP contribution in [0.1, 0.15) is 0 Å². The van der Waals surface area contributed by atoms with Crippen molar-refractivity contribution in [3.63, 3.8) is 0 Å². The van der Waals surface area contributed by atoms with E-state index in [-0.39, 0.29) is 0 Å². The van der Waals surface area contributed by atoms with Gasteiger partial charge in [-0.2, -0.15) is 0 Å². The highest BCUT2D eigenvalue weighted by Gasteiger charge is 2.09. The van der Waals surface area contributed by atoms with E-state index in [0.717, 1.165) is 0 Å². The lowest BCUT2D eigenvalue weighted by Gasteiger charge is -1.99. The van der Waals surface area contributed by atoms with Crippen molar-refractivity contribution in [2.24, 2.45) is 0 Å². The molecule has 0 atom stereocenters. The van der Waals surface area contributed by atoms with Crippen LogP contribution >= 0.6 is 11.3 Å². The Labute approximate surface area is 109 Å². The van der Waals surface area contributed by atoms with Gasteiger partial charge in [0, 0.05) is 26.7 Å². The van der Waals surface area contributed by atoms with Gasteiger partial charge in [-0.3, -0.25) is 0 Å². The van der Waals surface area contributed by atoms with E-state index in [4.69, 9.17) is 0 Å². The maximum absolute atomic E-state index is 3.54. The lowest BCUT2D eigenvalue weighted by molar-refractivity contribution is 1.55. The topological polar surface area (TPSA) is 15.8 Å². The molecule has 4 rings (SSSR count). The second kappa shape index (κ2) is 3.72. The van der Waals surface area contributed by atoms with Crippen LogP contribution < -0.4 is 0 Å². The molecule has 0 fully saturated rings. The van der Waals surface area contributed by atoms with Crippen LogP contribution in [0.3, 0.4) is 0 Å². The minimum absolute atomic E-state index is 1.21. The molecule has 0 bridgehead atoms. The molecule has 18 heavy (non-hydrogen) atoms. The normalized spacial score (nSPS) is 11.3. The highest BCUT2D eigenvalue weighted by Crippen LogP contribution is 2.34. The molecule has 0 unspecified atom stereocenters. The van der Waals surface area contributed by atoms with Gasteiger partial charge in [0.1, 0.15) is 0 Å². The smallest absolute Gasteiger partial charge is 0.0552 e. The minimum Gasteiger partial charge on any atom is -0.354 e. The first-order chi connectivity index (χ1) is 8.93. The van der Waals surface area contributed by atoms with Gasteiger partial charge < -0.3 is 4.98 Å².